The zero-order valence-corrected chi connectivity index (χ0v) is 14.4. The Kier molecular flexibility index (Phi) is 4.52. The van der Waals surface area contributed by atoms with Crippen molar-refractivity contribution in [3.63, 3.8) is 0 Å². The van der Waals surface area contributed by atoms with Crippen molar-refractivity contribution in [2.45, 2.75) is 12.8 Å². The molecule has 1 aromatic carbocycles. The Hall–Kier alpha value is -2.60. The van der Waals surface area contributed by atoms with E-state index < -0.39 is 0 Å². The number of carbonyl (C=O) groups is 1. The summed E-state index contributed by atoms with van der Waals surface area (Å²) >= 11 is 1.48. The lowest BCUT2D eigenvalue weighted by Gasteiger charge is -2.25. The third-order valence-corrected chi connectivity index (χ3v) is 5.07. The number of thiazole rings is 1. The maximum Gasteiger partial charge on any atom is 0.226 e. The number of rotatable bonds is 5. The highest BCUT2D eigenvalue weighted by Gasteiger charge is 2.20. The van der Waals surface area contributed by atoms with Crippen molar-refractivity contribution in [3.8, 4) is 16.5 Å². The van der Waals surface area contributed by atoms with Gasteiger partial charge in [0.05, 0.1) is 25.0 Å². The van der Waals surface area contributed by atoms with Gasteiger partial charge in [0.25, 0.3) is 0 Å². The van der Waals surface area contributed by atoms with Crippen LogP contribution < -0.4 is 10.1 Å². The van der Waals surface area contributed by atoms with Gasteiger partial charge < -0.3 is 14.5 Å². The predicted molar refractivity (Wildman–Crippen MR) is 95.7 cm³/mol. The Bertz CT molecular complexity index is 857. The third kappa shape index (κ3) is 3.74. The van der Waals surface area contributed by atoms with E-state index in [1.807, 2.05) is 35.7 Å². The highest BCUT2D eigenvalue weighted by Crippen LogP contribution is 2.26. The van der Waals surface area contributed by atoms with Crippen LogP contribution in [0.25, 0.3) is 10.8 Å². The summed E-state index contributed by atoms with van der Waals surface area (Å²) < 4.78 is 11.1. The van der Waals surface area contributed by atoms with E-state index >= 15 is 0 Å². The number of aromatic nitrogens is 1. The van der Waals surface area contributed by atoms with E-state index in [0.717, 1.165) is 28.6 Å². The first kappa shape index (κ1) is 15.9. The number of nitrogens with one attached hydrogen (secondary N) is 1. The summed E-state index contributed by atoms with van der Waals surface area (Å²) in [4.78, 5) is 16.6. The van der Waals surface area contributed by atoms with E-state index in [-0.39, 0.29) is 12.3 Å². The zero-order chi connectivity index (χ0) is 17.1. The zero-order valence-electron chi connectivity index (χ0n) is 13.6. The van der Waals surface area contributed by atoms with Gasteiger partial charge in [0.1, 0.15) is 5.75 Å². The summed E-state index contributed by atoms with van der Waals surface area (Å²) in [6, 6.07) is 11.8. The van der Waals surface area contributed by atoms with E-state index in [2.05, 4.69) is 16.4 Å². The van der Waals surface area contributed by atoms with E-state index in [4.69, 9.17) is 9.15 Å². The number of benzene rings is 1. The molecule has 0 spiro atoms. The van der Waals surface area contributed by atoms with Crippen LogP contribution in [0.15, 0.2) is 52.5 Å². The smallest absolute Gasteiger partial charge is 0.226 e. The molecule has 128 valence electrons. The fourth-order valence-corrected chi connectivity index (χ4v) is 3.69. The topological polar surface area (TPSA) is 64.4 Å². The molecule has 6 heteroatoms. The molecule has 5 nitrogen and oxygen atoms in total. The second kappa shape index (κ2) is 7.11. The van der Waals surface area contributed by atoms with Gasteiger partial charge in [-0.1, -0.05) is 18.2 Å². The minimum atomic E-state index is -0.0184. The lowest BCUT2D eigenvalue weighted by molar-refractivity contribution is -0.120. The largest absolute Gasteiger partial charge is 0.493 e. The van der Waals surface area contributed by atoms with Crippen molar-refractivity contribution in [3.05, 3.63) is 59.3 Å². The van der Waals surface area contributed by atoms with E-state index in [9.17, 15) is 4.79 Å². The molecule has 0 fully saturated rings. The van der Waals surface area contributed by atoms with Crippen LogP contribution in [0.1, 0.15) is 11.3 Å². The normalized spacial score (nSPS) is 16.1. The highest BCUT2D eigenvalue weighted by atomic mass is 32.1. The summed E-state index contributed by atoms with van der Waals surface area (Å²) in [5.74, 6) is 1.97. The molecular weight excluding hydrogens is 336 g/mol. The van der Waals surface area contributed by atoms with Crippen LogP contribution in [0.2, 0.25) is 0 Å². The fraction of sp³-hybridized carbons (Fsp3) is 0.263. The number of ether oxygens (including phenoxy) is 1. The Morgan fingerprint density at radius 3 is 3.08 bits per heavy atom. The first-order valence-corrected chi connectivity index (χ1v) is 9.11. The summed E-state index contributed by atoms with van der Waals surface area (Å²) in [7, 11) is 0. The van der Waals surface area contributed by atoms with Gasteiger partial charge in [-0.05, 0) is 30.2 Å². The van der Waals surface area contributed by atoms with Crippen LogP contribution in [-0.2, 0) is 17.6 Å². The van der Waals surface area contributed by atoms with Gasteiger partial charge >= 0.3 is 0 Å². The summed E-state index contributed by atoms with van der Waals surface area (Å²) in [6.07, 6.45) is 2.82. The maximum atomic E-state index is 12.2. The maximum absolute atomic E-state index is 12.2. The van der Waals surface area contributed by atoms with Crippen molar-refractivity contribution >= 4 is 17.2 Å². The van der Waals surface area contributed by atoms with Crippen LogP contribution in [0.3, 0.4) is 0 Å². The lowest BCUT2D eigenvalue weighted by Crippen LogP contribution is -2.35. The number of carbonyl (C=O) groups excluding carboxylic acids is 1. The average molecular weight is 354 g/mol. The molecule has 3 aromatic rings. The molecule has 0 bridgehead atoms. The Morgan fingerprint density at radius 2 is 2.20 bits per heavy atom. The number of nitrogens with zero attached hydrogens (tertiary/aromatic N) is 1. The second-order valence-electron chi connectivity index (χ2n) is 6.09. The Balaban J connectivity index is 1.29. The Labute approximate surface area is 149 Å². The van der Waals surface area contributed by atoms with Crippen LogP contribution in [-0.4, -0.2) is 24.0 Å². The van der Waals surface area contributed by atoms with Crippen LogP contribution in [0.4, 0.5) is 0 Å². The van der Waals surface area contributed by atoms with E-state index in [1.165, 1.54) is 16.9 Å². The number of hydrogen-bond donors (Lipinski definition) is 1. The van der Waals surface area contributed by atoms with Gasteiger partial charge in [-0.2, -0.15) is 0 Å². The number of amides is 1. The molecule has 0 unspecified atom stereocenters. The predicted octanol–water partition coefficient (Wildman–Crippen LogP) is 3.31. The molecule has 1 amide bonds. The molecule has 0 radical (unpaired) electrons. The van der Waals surface area contributed by atoms with Crippen LogP contribution in [0, 0.1) is 5.92 Å². The molecule has 0 saturated carbocycles. The molecule has 2 aromatic heterocycles. The molecule has 0 aliphatic carbocycles. The van der Waals surface area contributed by atoms with Gasteiger partial charge in [0, 0.05) is 17.8 Å². The van der Waals surface area contributed by atoms with Gasteiger partial charge in [0.15, 0.2) is 10.8 Å². The van der Waals surface area contributed by atoms with Gasteiger partial charge in [-0.25, -0.2) is 4.98 Å². The molecule has 3 heterocycles. The first-order chi connectivity index (χ1) is 12.3. The van der Waals surface area contributed by atoms with E-state index in [1.54, 1.807) is 6.26 Å². The van der Waals surface area contributed by atoms with Crippen molar-refractivity contribution in [2.24, 2.45) is 5.92 Å². The van der Waals surface area contributed by atoms with Gasteiger partial charge in [0.2, 0.25) is 5.91 Å². The Morgan fingerprint density at radius 1 is 1.28 bits per heavy atom. The molecule has 25 heavy (non-hydrogen) atoms. The third-order valence-electron chi connectivity index (χ3n) is 4.17. The summed E-state index contributed by atoms with van der Waals surface area (Å²) in [5, 5.41) is 5.69. The van der Waals surface area contributed by atoms with Crippen molar-refractivity contribution in [1.82, 2.24) is 10.3 Å². The molecule has 1 aliphatic rings. The van der Waals surface area contributed by atoms with Crippen molar-refractivity contribution in [1.29, 1.82) is 0 Å². The molecule has 1 N–H and O–H groups in total. The van der Waals surface area contributed by atoms with Crippen LogP contribution >= 0.6 is 11.3 Å². The molecule has 4 rings (SSSR count). The van der Waals surface area contributed by atoms with Gasteiger partial charge in [-0.3, -0.25) is 4.79 Å². The molecular formula is C19H18N2O3S. The monoisotopic (exact) mass is 354 g/mol. The number of hydrogen-bond acceptors (Lipinski definition) is 5. The van der Waals surface area contributed by atoms with Crippen LogP contribution in [0.5, 0.6) is 5.75 Å². The standard InChI is InChI=1S/C19H18N2O3S/c22-18(9-15-12-25-19(21-15)17-6-3-7-23-17)20-10-13-8-14-4-1-2-5-16(14)24-11-13/h1-7,12-13H,8-11H2,(H,20,22)/t13-/m1/s1. The number of para-hydroxylation sites is 1. The minimum absolute atomic E-state index is 0.0184. The molecule has 1 aliphatic heterocycles. The SMILES string of the molecule is O=C(Cc1csc(-c2ccco2)n1)NC[C@@H]1COc2ccccc2C1. The number of furan rings is 1. The fourth-order valence-electron chi connectivity index (χ4n) is 2.91. The summed E-state index contributed by atoms with van der Waals surface area (Å²) in [6.45, 7) is 1.25. The molecule has 1 atom stereocenters. The highest BCUT2D eigenvalue weighted by molar-refractivity contribution is 7.13. The average Bonchev–Trinajstić information content (AvgIpc) is 3.31. The molecule has 0 saturated heterocycles. The van der Waals surface area contributed by atoms with Gasteiger partial charge in [-0.15, -0.1) is 11.3 Å². The van der Waals surface area contributed by atoms with Crippen molar-refractivity contribution < 1.29 is 13.9 Å². The van der Waals surface area contributed by atoms with Crippen molar-refractivity contribution in [2.75, 3.05) is 13.2 Å². The second-order valence-corrected chi connectivity index (χ2v) is 6.95. The first-order valence-electron chi connectivity index (χ1n) is 8.23. The summed E-state index contributed by atoms with van der Waals surface area (Å²) in [5.41, 5.74) is 1.97. The minimum Gasteiger partial charge on any atom is -0.493 e. The number of fused-ring (bicyclic) bond motifs is 1. The lowest BCUT2D eigenvalue weighted by atomic mass is 9.97. The van der Waals surface area contributed by atoms with E-state index in [0.29, 0.717) is 19.1 Å². The quantitative estimate of drug-likeness (QED) is 0.763.